The smallest absolute Gasteiger partial charge is 0.209 e. The van der Waals surface area contributed by atoms with Gasteiger partial charge in [-0.1, -0.05) is 0 Å². The van der Waals surface area contributed by atoms with Crippen LogP contribution < -0.4 is 0 Å². The lowest BCUT2D eigenvalue weighted by molar-refractivity contribution is -0.242. The van der Waals surface area contributed by atoms with Crippen molar-refractivity contribution in [3.63, 3.8) is 0 Å². The van der Waals surface area contributed by atoms with Gasteiger partial charge >= 0.3 is 6.18 Å². The molecule has 0 aliphatic rings. The second kappa shape index (κ2) is 4.16. The molecule has 0 heterocycles. The van der Waals surface area contributed by atoms with Gasteiger partial charge in [0.05, 0.1) is 6.07 Å². The van der Waals surface area contributed by atoms with Crippen LogP contribution in [-0.2, 0) is 0 Å². The van der Waals surface area contributed by atoms with Crippen molar-refractivity contribution in [1.29, 1.82) is 5.26 Å². The number of alkyl halides is 5. The van der Waals surface area contributed by atoms with Crippen LogP contribution in [0.3, 0.4) is 0 Å². The van der Waals surface area contributed by atoms with Crippen LogP contribution in [0, 0.1) is 11.3 Å². The predicted octanol–water partition coefficient (Wildman–Crippen LogP) is 1.84. The second-order valence-electron chi connectivity index (χ2n) is 1.34. The molecular weight excluding hydrogens is 168 g/mol. The maximum Gasteiger partial charge on any atom is 0.442 e. The van der Waals surface area contributed by atoms with Crippen molar-refractivity contribution < 1.29 is 22.0 Å². The fourth-order valence-electron chi connectivity index (χ4n) is 0. The fourth-order valence-corrected chi connectivity index (χ4v) is 0. The maximum absolute atomic E-state index is 10.9. The Bertz CT molecular complexity index is 128. The zero-order valence-electron chi connectivity index (χ0n) is 5.41. The summed E-state index contributed by atoms with van der Waals surface area (Å²) in [6.45, 7) is 1.43. The lowest BCUT2D eigenvalue weighted by Gasteiger charge is -2.13. The minimum atomic E-state index is -5.62. The molecule has 0 unspecified atom stereocenters. The molecule has 0 saturated carbocycles. The van der Waals surface area contributed by atoms with E-state index < -0.39 is 12.0 Å². The lowest BCUT2D eigenvalue weighted by atomic mass is 9.99. The van der Waals surface area contributed by atoms with Gasteiger partial charge < -0.3 is 0 Å². The Kier molecular flexibility index (Phi) is 4.86. The van der Waals surface area contributed by atoms with E-state index in [0.717, 1.165) is 0 Å². The molecule has 0 aromatic carbocycles. The predicted molar refractivity (Wildman–Crippen MR) is 28.0 cm³/mol. The minimum absolute atomic E-state index is 1.43. The molecular formula is C4H3BF5N. The van der Waals surface area contributed by atoms with Crippen molar-refractivity contribution >= 4 is 7.85 Å². The van der Waals surface area contributed by atoms with E-state index in [1.165, 1.54) is 6.92 Å². The average Bonchev–Trinajstić information content (AvgIpc) is 1.60. The molecule has 1 nitrogen and oxygen atoms in total. The Hall–Kier alpha value is -0.795. The summed E-state index contributed by atoms with van der Waals surface area (Å²) in [4.78, 5) is 0. The van der Waals surface area contributed by atoms with Gasteiger partial charge in [0.2, 0.25) is 0 Å². The molecule has 0 fully saturated rings. The van der Waals surface area contributed by atoms with Gasteiger partial charge in [-0.2, -0.15) is 18.4 Å². The van der Waals surface area contributed by atoms with Crippen molar-refractivity contribution in [3.05, 3.63) is 0 Å². The fraction of sp³-hybridized carbons (Fsp3) is 0.750. The SMILES string of the molecule is CC#N.[B]C(F)(F)C(F)(F)F. The highest BCUT2D eigenvalue weighted by molar-refractivity contribution is 6.13. The quantitative estimate of drug-likeness (QED) is 0.402. The summed E-state index contributed by atoms with van der Waals surface area (Å²) in [5.41, 5.74) is 0. The zero-order chi connectivity index (χ0) is 9.71. The van der Waals surface area contributed by atoms with Gasteiger partial charge in [0.1, 0.15) is 0 Å². The van der Waals surface area contributed by atoms with Crippen molar-refractivity contribution in [2.75, 3.05) is 0 Å². The Morgan fingerprint density at radius 2 is 1.27 bits per heavy atom. The molecule has 0 aliphatic heterocycles. The molecule has 2 radical (unpaired) electrons. The molecule has 0 rings (SSSR count). The van der Waals surface area contributed by atoms with Crippen molar-refractivity contribution in [3.8, 4) is 6.07 Å². The van der Waals surface area contributed by atoms with Crippen LogP contribution in [-0.4, -0.2) is 19.8 Å². The molecule has 0 atom stereocenters. The second-order valence-corrected chi connectivity index (χ2v) is 1.34. The van der Waals surface area contributed by atoms with Gasteiger partial charge in [0, 0.05) is 6.92 Å². The normalized spacial score (nSPS) is 11.0. The van der Waals surface area contributed by atoms with Gasteiger partial charge in [0.25, 0.3) is 5.82 Å². The summed E-state index contributed by atoms with van der Waals surface area (Å²) in [6, 6.07) is 1.75. The summed E-state index contributed by atoms with van der Waals surface area (Å²) < 4.78 is 53.8. The minimum Gasteiger partial charge on any atom is -0.209 e. The van der Waals surface area contributed by atoms with Crippen LogP contribution in [0.15, 0.2) is 0 Å². The van der Waals surface area contributed by atoms with E-state index in [4.69, 9.17) is 5.26 Å². The number of rotatable bonds is 0. The number of nitriles is 1. The first-order valence-electron chi connectivity index (χ1n) is 2.21. The Labute approximate surface area is 61.2 Å². The average molecular weight is 171 g/mol. The monoisotopic (exact) mass is 171 g/mol. The zero-order valence-corrected chi connectivity index (χ0v) is 5.41. The summed E-state index contributed by atoms with van der Waals surface area (Å²) in [5, 5.41) is 7.32. The van der Waals surface area contributed by atoms with Crippen LogP contribution in [0.4, 0.5) is 22.0 Å². The maximum atomic E-state index is 10.9. The van der Waals surface area contributed by atoms with Gasteiger partial charge in [-0.3, -0.25) is 0 Å². The Balaban J connectivity index is 0. The van der Waals surface area contributed by atoms with Crippen LogP contribution >= 0.6 is 0 Å². The number of nitrogens with zero attached hydrogens (tertiary/aromatic N) is 1. The van der Waals surface area contributed by atoms with E-state index >= 15 is 0 Å². The van der Waals surface area contributed by atoms with E-state index in [1.54, 1.807) is 6.07 Å². The summed E-state index contributed by atoms with van der Waals surface area (Å²) in [7, 11) is 3.35. The highest BCUT2D eigenvalue weighted by Gasteiger charge is 2.51. The lowest BCUT2D eigenvalue weighted by Crippen LogP contribution is -2.36. The molecule has 7 heteroatoms. The van der Waals surface area contributed by atoms with E-state index in [2.05, 4.69) is 7.85 Å². The molecule has 62 valence electrons. The third-order valence-corrected chi connectivity index (χ3v) is 0.378. The van der Waals surface area contributed by atoms with Crippen LogP contribution in [0.5, 0.6) is 0 Å². The molecule has 11 heavy (non-hydrogen) atoms. The summed E-state index contributed by atoms with van der Waals surface area (Å²) >= 11 is 0. The molecule has 0 saturated heterocycles. The first-order valence-corrected chi connectivity index (χ1v) is 2.21. The number of hydrogen-bond acceptors (Lipinski definition) is 1. The van der Waals surface area contributed by atoms with Crippen molar-refractivity contribution in [2.45, 2.75) is 18.9 Å². The molecule has 0 N–H and O–H groups in total. The molecule has 0 bridgehead atoms. The Morgan fingerprint density at radius 3 is 1.27 bits per heavy atom. The first kappa shape index (κ1) is 12.8. The topological polar surface area (TPSA) is 23.8 Å². The summed E-state index contributed by atoms with van der Waals surface area (Å²) in [5.74, 6) is -5.06. The third kappa shape index (κ3) is 7.10. The van der Waals surface area contributed by atoms with Crippen LogP contribution in [0.2, 0.25) is 0 Å². The first-order chi connectivity index (χ1) is 4.66. The molecule has 0 aliphatic carbocycles. The van der Waals surface area contributed by atoms with E-state index in [0.29, 0.717) is 0 Å². The molecule has 0 aromatic rings. The standard InChI is InChI=1S/C2BF5.C2H3N/c3-1(4,5)2(6,7)8;1-2-3/h;1H3. The van der Waals surface area contributed by atoms with Gasteiger partial charge in [-0.05, 0) is 0 Å². The van der Waals surface area contributed by atoms with Crippen molar-refractivity contribution in [2.24, 2.45) is 0 Å². The number of hydrogen-bond donors (Lipinski definition) is 0. The molecule has 0 spiro atoms. The highest BCUT2D eigenvalue weighted by atomic mass is 19.4. The van der Waals surface area contributed by atoms with Gasteiger partial charge in [-0.15, -0.1) is 0 Å². The third-order valence-electron chi connectivity index (χ3n) is 0.378. The van der Waals surface area contributed by atoms with Crippen LogP contribution in [0.1, 0.15) is 6.92 Å². The number of halogens is 5. The molecule has 0 aromatic heterocycles. The highest BCUT2D eigenvalue weighted by Crippen LogP contribution is 2.31. The van der Waals surface area contributed by atoms with E-state index in [9.17, 15) is 22.0 Å². The van der Waals surface area contributed by atoms with Gasteiger partial charge in [-0.25, -0.2) is 8.78 Å². The van der Waals surface area contributed by atoms with Gasteiger partial charge in [0.15, 0.2) is 7.85 Å². The van der Waals surface area contributed by atoms with Crippen molar-refractivity contribution in [1.82, 2.24) is 0 Å². The molecule has 0 amide bonds. The van der Waals surface area contributed by atoms with E-state index in [-0.39, 0.29) is 0 Å². The Morgan fingerprint density at radius 1 is 1.18 bits per heavy atom. The largest absolute Gasteiger partial charge is 0.442 e. The van der Waals surface area contributed by atoms with Crippen LogP contribution in [0.25, 0.3) is 0 Å². The van der Waals surface area contributed by atoms with E-state index in [1.807, 2.05) is 0 Å². The summed E-state index contributed by atoms with van der Waals surface area (Å²) in [6.07, 6.45) is -5.62.